The SMILES string of the molecule is CCC(CC)CN(CC)C(=O)N(C)C(C)C(=O)O. The van der Waals surface area contributed by atoms with Crippen molar-refractivity contribution in [3.8, 4) is 0 Å². The highest BCUT2D eigenvalue weighted by Crippen LogP contribution is 2.12. The third-order valence-corrected chi connectivity index (χ3v) is 3.53. The van der Waals surface area contributed by atoms with Crippen molar-refractivity contribution >= 4 is 12.0 Å². The molecular formula is C13H26N2O3. The van der Waals surface area contributed by atoms with Crippen LogP contribution in [0.5, 0.6) is 0 Å². The molecular weight excluding hydrogens is 232 g/mol. The normalized spacial score (nSPS) is 12.3. The van der Waals surface area contributed by atoms with Gasteiger partial charge in [0.25, 0.3) is 0 Å². The van der Waals surface area contributed by atoms with Crippen LogP contribution in [0, 0.1) is 5.92 Å². The van der Waals surface area contributed by atoms with Crippen molar-refractivity contribution < 1.29 is 14.7 Å². The van der Waals surface area contributed by atoms with E-state index < -0.39 is 12.0 Å². The van der Waals surface area contributed by atoms with Crippen molar-refractivity contribution in [2.24, 2.45) is 5.92 Å². The molecule has 1 unspecified atom stereocenters. The maximum atomic E-state index is 12.2. The summed E-state index contributed by atoms with van der Waals surface area (Å²) in [5.41, 5.74) is 0. The number of urea groups is 1. The van der Waals surface area contributed by atoms with Crippen LogP contribution in [0.2, 0.25) is 0 Å². The molecule has 0 aliphatic heterocycles. The molecule has 0 aromatic rings. The van der Waals surface area contributed by atoms with Gasteiger partial charge in [-0.15, -0.1) is 0 Å². The Balaban J connectivity index is 4.65. The van der Waals surface area contributed by atoms with Crippen LogP contribution in [-0.4, -0.2) is 53.1 Å². The molecule has 0 aliphatic rings. The lowest BCUT2D eigenvalue weighted by Gasteiger charge is -2.31. The molecule has 0 radical (unpaired) electrons. The molecule has 0 saturated heterocycles. The fourth-order valence-electron chi connectivity index (χ4n) is 1.76. The largest absolute Gasteiger partial charge is 0.480 e. The lowest BCUT2D eigenvalue weighted by atomic mass is 10.0. The van der Waals surface area contributed by atoms with E-state index in [0.29, 0.717) is 19.0 Å². The maximum absolute atomic E-state index is 12.2. The highest BCUT2D eigenvalue weighted by Gasteiger charge is 2.26. The van der Waals surface area contributed by atoms with Gasteiger partial charge in [0.1, 0.15) is 6.04 Å². The molecule has 106 valence electrons. The molecule has 1 atom stereocenters. The number of rotatable bonds is 7. The van der Waals surface area contributed by atoms with Crippen molar-refractivity contribution in [3.63, 3.8) is 0 Å². The minimum Gasteiger partial charge on any atom is -0.480 e. The van der Waals surface area contributed by atoms with Gasteiger partial charge in [-0.1, -0.05) is 26.7 Å². The maximum Gasteiger partial charge on any atom is 0.326 e. The number of aliphatic carboxylic acids is 1. The fraction of sp³-hybridized carbons (Fsp3) is 0.846. The number of carbonyl (C=O) groups excluding carboxylic acids is 1. The molecule has 0 saturated carbocycles. The molecule has 18 heavy (non-hydrogen) atoms. The number of amides is 2. The monoisotopic (exact) mass is 258 g/mol. The van der Waals surface area contributed by atoms with Crippen LogP contribution < -0.4 is 0 Å². The van der Waals surface area contributed by atoms with Gasteiger partial charge in [0.15, 0.2) is 0 Å². The first-order valence-electron chi connectivity index (χ1n) is 6.63. The van der Waals surface area contributed by atoms with E-state index >= 15 is 0 Å². The molecule has 0 aromatic heterocycles. The first kappa shape index (κ1) is 16.7. The van der Waals surface area contributed by atoms with Gasteiger partial charge in [-0.2, -0.15) is 0 Å². The Bertz CT molecular complexity index is 277. The van der Waals surface area contributed by atoms with Crippen molar-refractivity contribution in [2.45, 2.75) is 46.6 Å². The van der Waals surface area contributed by atoms with E-state index in [1.165, 1.54) is 18.9 Å². The minimum absolute atomic E-state index is 0.209. The summed E-state index contributed by atoms with van der Waals surface area (Å²) in [4.78, 5) is 26.1. The summed E-state index contributed by atoms with van der Waals surface area (Å²) in [6, 6.07) is -1.01. The molecule has 0 aliphatic carbocycles. The van der Waals surface area contributed by atoms with Gasteiger partial charge in [0.2, 0.25) is 0 Å². The van der Waals surface area contributed by atoms with Crippen LogP contribution in [0.25, 0.3) is 0 Å². The summed E-state index contributed by atoms with van der Waals surface area (Å²) in [5, 5.41) is 8.92. The lowest BCUT2D eigenvalue weighted by Crippen LogP contribution is -2.48. The van der Waals surface area contributed by atoms with Crippen molar-refractivity contribution in [1.29, 1.82) is 0 Å². The number of carboxylic acids is 1. The van der Waals surface area contributed by atoms with Gasteiger partial charge >= 0.3 is 12.0 Å². The summed E-state index contributed by atoms with van der Waals surface area (Å²) in [6.45, 7) is 8.95. The molecule has 5 heteroatoms. The number of hydrogen-bond donors (Lipinski definition) is 1. The van der Waals surface area contributed by atoms with Gasteiger partial charge < -0.3 is 14.9 Å². The average Bonchev–Trinajstić information content (AvgIpc) is 2.37. The van der Waals surface area contributed by atoms with Gasteiger partial charge in [-0.3, -0.25) is 0 Å². The number of carboxylic acid groups (broad SMARTS) is 1. The molecule has 0 fully saturated rings. The predicted molar refractivity (Wildman–Crippen MR) is 71.6 cm³/mol. The van der Waals surface area contributed by atoms with E-state index in [0.717, 1.165) is 12.8 Å². The first-order valence-corrected chi connectivity index (χ1v) is 6.63. The number of carbonyl (C=O) groups is 2. The standard InChI is InChI=1S/C13H26N2O3/c1-6-11(7-2)9-15(8-3)13(18)14(5)10(4)12(16)17/h10-11H,6-9H2,1-5H3,(H,16,17). The molecule has 0 spiro atoms. The van der Waals surface area contributed by atoms with E-state index in [1.807, 2.05) is 6.92 Å². The lowest BCUT2D eigenvalue weighted by molar-refractivity contribution is -0.141. The summed E-state index contributed by atoms with van der Waals surface area (Å²) in [5.74, 6) is -0.508. The Morgan fingerprint density at radius 1 is 1.17 bits per heavy atom. The first-order chi connectivity index (χ1) is 8.38. The van der Waals surface area contributed by atoms with Crippen molar-refractivity contribution in [2.75, 3.05) is 20.1 Å². The highest BCUT2D eigenvalue weighted by molar-refractivity contribution is 5.82. The van der Waals surface area contributed by atoms with Crippen LogP contribution in [0.15, 0.2) is 0 Å². The van der Waals surface area contributed by atoms with Crippen molar-refractivity contribution in [1.82, 2.24) is 9.80 Å². The van der Waals surface area contributed by atoms with Gasteiger partial charge in [0, 0.05) is 20.1 Å². The van der Waals surface area contributed by atoms with Crippen LogP contribution in [0.4, 0.5) is 4.79 Å². The second-order valence-electron chi connectivity index (χ2n) is 4.63. The molecule has 0 aromatic carbocycles. The summed E-state index contributed by atoms with van der Waals surface area (Å²) in [7, 11) is 1.54. The quantitative estimate of drug-likeness (QED) is 0.762. The Kier molecular flexibility index (Phi) is 7.39. The number of nitrogens with zero attached hydrogens (tertiary/aromatic N) is 2. The van der Waals surface area contributed by atoms with Crippen LogP contribution in [0.1, 0.15) is 40.5 Å². The van der Waals surface area contributed by atoms with E-state index in [4.69, 9.17) is 5.11 Å². The topological polar surface area (TPSA) is 60.9 Å². The zero-order chi connectivity index (χ0) is 14.3. The summed E-state index contributed by atoms with van der Waals surface area (Å²) < 4.78 is 0. The van der Waals surface area contributed by atoms with E-state index in [1.54, 1.807) is 4.90 Å². The molecule has 5 nitrogen and oxygen atoms in total. The third kappa shape index (κ3) is 4.55. The average molecular weight is 258 g/mol. The van der Waals surface area contributed by atoms with E-state index in [-0.39, 0.29) is 6.03 Å². The summed E-state index contributed by atoms with van der Waals surface area (Å²) >= 11 is 0. The summed E-state index contributed by atoms with van der Waals surface area (Å²) in [6.07, 6.45) is 2.05. The van der Waals surface area contributed by atoms with E-state index in [2.05, 4.69) is 13.8 Å². The van der Waals surface area contributed by atoms with Gasteiger partial charge in [0.05, 0.1) is 0 Å². The predicted octanol–water partition coefficient (Wildman–Crippen LogP) is 2.27. The zero-order valence-electron chi connectivity index (χ0n) is 12.1. The fourth-order valence-corrected chi connectivity index (χ4v) is 1.76. The smallest absolute Gasteiger partial charge is 0.326 e. The third-order valence-electron chi connectivity index (χ3n) is 3.53. The van der Waals surface area contributed by atoms with E-state index in [9.17, 15) is 9.59 Å². The second kappa shape index (κ2) is 7.95. The Labute approximate surface area is 110 Å². The second-order valence-corrected chi connectivity index (χ2v) is 4.63. The van der Waals surface area contributed by atoms with Crippen LogP contribution in [0.3, 0.4) is 0 Å². The van der Waals surface area contributed by atoms with Crippen LogP contribution >= 0.6 is 0 Å². The van der Waals surface area contributed by atoms with Crippen molar-refractivity contribution in [3.05, 3.63) is 0 Å². The zero-order valence-corrected chi connectivity index (χ0v) is 12.1. The Morgan fingerprint density at radius 3 is 2.00 bits per heavy atom. The van der Waals surface area contributed by atoms with Crippen LogP contribution in [-0.2, 0) is 4.79 Å². The molecule has 0 bridgehead atoms. The Morgan fingerprint density at radius 2 is 1.67 bits per heavy atom. The number of likely N-dealkylation sites (N-methyl/N-ethyl adjacent to an activating group) is 1. The molecule has 0 rings (SSSR count). The molecule has 1 N–H and O–H groups in total. The van der Waals surface area contributed by atoms with Gasteiger partial charge in [-0.25, -0.2) is 9.59 Å². The number of hydrogen-bond acceptors (Lipinski definition) is 2. The molecule has 2 amide bonds. The van der Waals surface area contributed by atoms with Gasteiger partial charge in [-0.05, 0) is 19.8 Å². The minimum atomic E-state index is -0.982. The Hall–Kier alpha value is -1.26. The molecule has 0 heterocycles. The highest BCUT2D eigenvalue weighted by atomic mass is 16.4.